The molecule has 31 heavy (non-hydrogen) atoms. The lowest BCUT2D eigenvalue weighted by Crippen LogP contribution is -2.49. The summed E-state index contributed by atoms with van der Waals surface area (Å²) in [4.78, 5) is 29.5. The van der Waals surface area contributed by atoms with Crippen molar-refractivity contribution in [1.82, 2.24) is 9.80 Å². The minimum absolute atomic E-state index is 0.0576. The Labute approximate surface area is 178 Å². The van der Waals surface area contributed by atoms with Crippen LogP contribution < -0.4 is 0 Å². The van der Waals surface area contributed by atoms with Crippen molar-refractivity contribution in [3.8, 4) is 11.1 Å². The lowest BCUT2D eigenvalue weighted by molar-refractivity contribution is -0.174. The Morgan fingerprint density at radius 1 is 0.935 bits per heavy atom. The number of ketones is 1. The van der Waals surface area contributed by atoms with Crippen molar-refractivity contribution in [2.75, 3.05) is 45.9 Å². The zero-order valence-electron chi connectivity index (χ0n) is 17.0. The van der Waals surface area contributed by atoms with E-state index in [4.69, 9.17) is 0 Å². The van der Waals surface area contributed by atoms with E-state index in [1.807, 2.05) is 24.3 Å². The zero-order valence-corrected chi connectivity index (χ0v) is 17.0. The monoisotopic (exact) mass is 432 g/mol. The first-order valence-corrected chi connectivity index (χ1v) is 10.3. The Morgan fingerprint density at radius 2 is 1.61 bits per heavy atom. The van der Waals surface area contributed by atoms with Gasteiger partial charge in [0.1, 0.15) is 6.61 Å². The molecule has 1 heterocycles. The fourth-order valence-corrected chi connectivity index (χ4v) is 4.10. The molecule has 0 saturated carbocycles. The summed E-state index contributed by atoms with van der Waals surface area (Å²) in [5.41, 5.74) is 3.47. The number of benzene rings is 2. The van der Waals surface area contributed by atoms with E-state index in [1.165, 1.54) is 0 Å². The fourth-order valence-electron chi connectivity index (χ4n) is 4.10. The molecule has 0 bridgehead atoms. The van der Waals surface area contributed by atoms with Crippen molar-refractivity contribution < 1.29 is 27.5 Å². The average Bonchev–Trinajstić information content (AvgIpc) is 3.05. The molecule has 0 N–H and O–H groups in total. The SMILES string of the molecule is O=C1c2ccccc2-c2ccc(C(=O)N3CCN(CCCOCC(F)(F)F)CC3)cc21. The summed E-state index contributed by atoms with van der Waals surface area (Å²) in [6, 6.07) is 12.7. The van der Waals surface area contributed by atoms with Crippen molar-refractivity contribution in [1.29, 1.82) is 0 Å². The van der Waals surface area contributed by atoms with Crippen LogP contribution in [0.2, 0.25) is 0 Å². The third-order valence-electron chi connectivity index (χ3n) is 5.66. The molecule has 2 aromatic carbocycles. The van der Waals surface area contributed by atoms with Crippen molar-refractivity contribution in [3.05, 3.63) is 59.2 Å². The maximum Gasteiger partial charge on any atom is 0.411 e. The molecule has 0 unspecified atom stereocenters. The number of nitrogens with zero attached hydrogens (tertiary/aromatic N) is 2. The van der Waals surface area contributed by atoms with Crippen LogP contribution in [0.4, 0.5) is 13.2 Å². The highest BCUT2D eigenvalue weighted by Gasteiger charge is 2.29. The smallest absolute Gasteiger partial charge is 0.372 e. The van der Waals surface area contributed by atoms with Gasteiger partial charge in [-0.2, -0.15) is 13.2 Å². The van der Waals surface area contributed by atoms with Crippen LogP contribution in [-0.4, -0.2) is 73.6 Å². The number of rotatable bonds is 6. The number of halogens is 3. The fraction of sp³-hybridized carbons (Fsp3) is 0.391. The molecule has 0 aromatic heterocycles. The maximum atomic E-state index is 12.9. The van der Waals surface area contributed by atoms with Crippen LogP contribution in [0.25, 0.3) is 11.1 Å². The molecule has 2 aromatic rings. The van der Waals surface area contributed by atoms with Crippen molar-refractivity contribution in [3.63, 3.8) is 0 Å². The quantitative estimate of drug-likeness (QED) is 0.559. The Hall–Kier alpha value is -2.71. The minimum Gasteiger partial charge on any atom is -0.372 e. The molecular formula is C23H23F3N2O3. The van der Waals surface area contributed by atoms with Crippen molar-refractivity contribution >= 4 is 11.7 Å². The van der Waals surface area contributed by atoms with E-state index in [0.717, 1.165) is 11.1 Å². The number of amides is 1. The van der Waals surface area contributed by atoms with E-state index >= 15 is 0 Å². The molecule has 4 rings (SSSR count). The molecule has 164 valence electrons. The van der Waals surface area contributed by atoms with E-state index in [-0.39, 0.29) is 18.3 Å². The standard InChI is InChI=1S/C23H23F3N2O3/c24-23(25,26)15-31-13-3-8-27-9-11-28(12-10-27)22(30)16-6-7-18-17-4-1-2-5-19(17)21(29)20(18)14-16/h1-2,4-7,14H,3,8-13,15H2. The lowest BCUT2D eigenvalue weighted by Gasteiger charge is -2.34. The molecule has 0 atom stereocenters. The molecule has 0 spiro atoms. The third-order valence-corrected chi connectivity index (χ3v) is 5.66. The van der Waals surface area contributed by atoms with Gasteiger partial charge in [0.2, 0.25) is 0 Å². The maximum absolute atomic E-state index is 12.9. The van der Waals surface area contributed by atoms with Crippen LogP contribution >= 0.6 is 0 Å². The normalized spacial score (nSPS) is 16.4. The molecule has 5 nitrogen and oxygen atoms in total. The van der Waals surface area contributed by atoms with Crippen LogP contribution in [0, 0.1) is 0 Å². The minimum atomic E-state index is -4.29. The Balaban J connectivity index is 1.29. The number of hydrogen-bond donors (Lipinski definition) is 0. The summed E-state index contributed by atoms with van der Waals surface area (Å²) in [6.07, 6.45) is -3.78. The molecule has 2 aliphatic rings. The van der Waals surface area contributed by atoms with Crippen LogP contribution in [0.3, 0.4) is 0 Å². The molecule has 1 fully saturated rings. The second-order valence-corrected chi connectivity index (χ2v) is 7.79. The number of fused-ring (bicyclic) bond motifs is 3. The number of ether oxygens (including phenoxy) is 1. The third kappa shape index (κ3) is 4.80. The van der Waals surface area contributed by atoms with Crippen LogP contribution in [0.5, 0.6) is 0 Å². The lowest BCUT2D eigenvalue weighted by atomic mass is 10.0. The molecule has 1 saturated heterocycles. The molecule has 8 heteroatoms. The second kappa shape index (κ2) is 8.80. The second-order valence-electron chi connectivity index (χ2n) is 7.79. The summed E-state index contributed by atoms with van der Waals surface area (Å²) in [5, 5.41) is 0. The summed E-state index contributed by atoms with van der Waals surface area (Å²) in [5.74, 6) is -0.169. The van der Waals surface area contributed by atoms with Crippen molar-refractivity contribution in [2.24, 2.45) is 0 Å². The number of carbonyl (C=O) groups is 2. The average molecular weight is 432 g/mol. The predicted molar refractivity (Wildman–Crippen MR) is 109 cm³/mol. The first-order chi connectivity index (χ1) is 14.8. The molecule has 0 radical (unpaired) electrons. The van der Waals surface area contributed by atoms with Gasteiger partial charge < -0.3 is 9.64 Å². The van der Waals surface area contributed by atoms with E-state index in [2.05, 4.69) is 9.64 Å². The van der Waals surface area contributed by atoms with Gasteiger partial charge in [-0.1, -0.05) is 30.3 Å². The van der Waals surface area contributed by atoms with Gasteiger partial charge in [-0.3, -0.25) is 14.5 Å². The molecular weight excluding hydrogens is 409 g/mol. The zero-order chi connectivity index (χ0) is 22.0. The van der Waals surface area contributed by atoms with Gasteiger partial charge in [0.05, 0.1) is 0 Å². The van der Waals surface area contributed by atoms with E-state index in [0.29, 0.717) is 55.8 Å². The Kier molecular flexibility index (Phi) is 6.11. The van der Waals surface area contributed by atoms with Crippen LogP contribution in [0.1, 0.15) is 32.7 Å². The summed E-state index contributed by atoms with van der Waals surface area (Å²) in [6.45, 7) is 1.85. The van der Waals surface area contributed by atoms with Gasteiger partial charge in [-0.25, -0.2) is 0 Å². The summed E-state index contributed by atoms with van der Waals surface area (Å²) in [7, 11) is 0. The molecule has 1 aliphatic carbocycles. The highest BCUT2D eigenvalue weighted by atomic mass is 19.4. The van der Waals surface area contributed by atoms with Gasteiger partial charge in [0.25, 0.3) is 5.91 Å². The van der Waals surface area contributed by atoms with Gasteiger partial charge in [-0.05, 0) is 29.7 Å². The van der Waals surface area contributed by atoms with Gasteiger partial charge in [-0.15, -0.1) is 0 Å². The van der Waals surface area contributed by atoms with Crippen LogP contribution in [0.15, 0.2) is 42.5 Å². The van der Waals surface area contributed by atoms with Gasteiger partial charge in [0, 0.05) is 56.0 Å². The largest absolute Gasteiger partial charge is 0.411 e. The van der Waals surface area contributed by atoms with Gasteiger partial charge >= 0.3 is 6.18 Å². The first-order valence-electron chi connectivity index (χ1n) is 10.3. The predicted octanol–water partition coefficient (Wildman–Crippen LogP) is 3.62. The molecule has 1 aliphatic heterocycles. The number of carbonyl (C=O) groups excluding carboxylic acids is 2. The number of piperazine rings is 1. The summed E-state index contributed by atoms with van der Waals surface area (Å²) >= 11 is 0. The molecule has 1 amide bonds. The first kappa shape index (κ1) is 21.5. The number of alkyl halides is 3. The highest BCUT2D eigenvalue weighted by molar-refractivity contribution is 6.22. The Bertz CT molecular complexity index is 982. The summed E-state index contributed by atoms with van der Waals surface area (Å²) < 4.78 is 40.8. The Morgan fingerprint density at radius 3 is 2.32 bits per heavy atom. The van der Waals surface area contributed by atoms with Crippen LogP contribution in [-0.2, 0) is 4.74 Å². The van der Waals surface area contributed by atoms with E-state index in [1.54, 1.807) is 23.1 Å². The highest BCUT2D eigenvalue weighted by Crippen LogP contribution is 2.36. The van der Waals surface area contributed by atoms with Gasteiger partial charge in [0.15, 0.2) is 5.78 Å². The van der Waals surface area contributed by atoms with E-state index < -0.39 is 12.8 Å². The topological polar surface area (TPSA) is 49.9 Å². The number of hydrogen-bond acceptors (Lipinski definition) is 4. The van der Waals surface area contributed by atoms with Crippen molar-refractivity contribution in [2.45, 2.75) is 12.6 Å². The van der Waals surface area contributed by atoms with E-state index in [9.17, 15) is 22.8 Å².